The van der Waals surface area contributed by atoms with Crippen molar-refractivity contribution in [3.63, 3.8) is 0 Å². The maximum Gasteiger partial charge on any atom is 0.352 e. The molecule has 4 heterocycles. The molecule has 2 aliphatic rings. The number of β-lactam (4-membered cyclic amide) rings is 1. The summed E-state index contributed by atoms with van der Waals surface area (Å²) in [5.41, 5.74) is 7.80. The van der Waals surface area contributed by atoms with Crippen LogP contribution in [0.5, 0.6) is 0 Å². The Bertz CT molecular complexity index is 1500. The van der Waals surface area contributed by atoms with Crippen molar-refractivity contribution < 1.29 is 24.3 Å². The fraction of sp³-hybridized carbons (Fsp3) is 0.217. The Labute approximate surface area is 244 Å². The van der Waals surface area contributed by atoms with Crippen molar-refractivity contribution >= 4 is 75.9 Å². The first-order chi connectivity index (χ1) is 19.4. The van der Waals surface area contributed by atoms with Gasteiger partial charge in [-0.2, -0.15) is 0 Å². The van der Waals surface area contributed by atoms with Gasteiger partial charge in [-0.3, -0.25) is 14.5 Å². The molecule has 40 heavy (non-hydrogen) atoms. The number of carboxylic acids is 1. The lowest BCUT2D eigenvalue weighted by atomic mass is 10.0. The third-order valence-electron chi connectivity index (χ3n) is 5.54. The number of carboxylic acid groups (broad SMARTS) is 1. The molecule has 1 unspecified atom stereocenters. The summed E-state index contributed by atoms with van der Waals surface area (Å²) >= 11 is 5.38. The van der Waals surface area contributed by atoms with Gasteiger partial charge in [0.2, 0.25) is 5.71 Å². The predicted octanol–water partition coefficient (Wildman–Crippen LogP) is 1.94. The Morgan fingerprint density at radius 2 is 2.10 bits per heavy atom. The second-order valence-electron chi connectivity index (χ2n) is 8.10. The van der Waals surface area contributed by atoms with E-state index in [2.05, 4.69) is 30.6 Å². The maximum absolute atomic E-state index is 13.3. The molecule has 2 aliphatic heterocycles. The Morgan fingerprint density at radius 1 is 1.30 bits per heavy atom. The monoisotopic (exact) mass is 616 g/mol. The van der Waals surface area contributed by atoms with Crippen LogP contribution in [0.3, 0.4) is 0 Å². The van der Waals surface area contributed by atoms with Gasteiger partial charge >= 0.3 is 5.97 Å². The van der Waals surface area contributed by atoms with Gasteiger partial charge in [0.15, 0.2) is 10.2 Å². The van der Waals surface area contributed by atoms with Crippen LogP contribution >= 0.6 is 46.6 Å². The normalized spacial score (nSPS) is 18.7. The van der Waals surface area contributed by atoms with Gasteiger partial charge in [-0.05, 0) is 17.7 Å². The van der Waals surface area contributed by atoms with Gasteiger partial charge in [-0.1, -0.05) is 58.2 Å². The number of aliphatic carboxylic acids is 1. The molecule has 5 rings (SSSR count). The highest BCUT2D eigenvalue weighted by molar-refractivity contribution is 8.01. The Kier molecular flexibility index (Phi) is 8.53. The molecule has 13 nitrogen and oxygen atoms in total. The molecule has 3 aromatic rings. The first-order valence-corrected chi connectivity index (χ1v) is 15.2. The molecule has 206 valence electrons. The number of hydrogen-bond donors (Lipinski definition) is 3. The van der Waals surface area contributed by atoms with Gasteiger partial charge in [-0.15, -0.1) is 22.0 Å². The minimum atomic E-state index is -1.21. The van der Waals surface area contributed by atoms with Gasteiger partial charge in [0.1, 0.15) is 40.6 Å². The smallest absolute Gasteiger partial charge is 0.352 e. The summed E-state index contributed by atoms with van der Waals surface area (Å²) in [6.45, 7) is 0. The summed E-state index contributed by atoms with van der Waals surface area (Å²) in [5.74, 6) is -1.78. The van der Waals surface area contributed by atoms with Crippen LogP contribution in [-0.2, 0) is 19.2 Å². The van der Waals surface area contributed by atoms with Crippen LogP contribution in [0.1, 0.15) is 5.82 Å². The highest BCUT2D eigenvalue weighted by atomic mass is 32.2. The summed E-state index contributed by atoms with van der Waals surface area (Å²) in [7, 11) is 1.26. The van der Waals surface area contributed by atoms with E-state index in [1.54, 1.807) is 11.6 Å². The van der Waals surface area contributed by atoms with Crippen LogP contribution in [0.4, 0.5) is 5.82 Å². The zero-order chi connectivity index (χ0) is 28.2. The number of nitrogens with one attached hydrogen (secondary N) is 1. The highest BCUT2D eigenvalue weighted by Crippen LogP contribution is 2.41. The summed E-state index contributed by atoms with van der Waals surface area (Å²) in [6, 6.07) is 10.0. The Morgan fingerprint density at radius 3 is 2.80 bits per heavy atom. The highest BCUT2D eigenvalue weighted by Gasteiger charge is 2.54. The first kappa shape index (κ1) is 27.9. The molecule has 1 fully saturated rings. The van der Waals surface area contributed by atoms with Gasteiger partial charge in [0, 0.05) is 22.5 Å². The van der Waals surface area contributed by atoms with Crippen LogP contribution < -0.4 is 11.1 Å². The zero-order valence-electron chi connectivity index (χ0n) is 20.6. The largest absolute Gasteiger partial charge is 0.477 e. The van der Waals surface area contributed by atoms with Crippen LogP contribution in [0.25, 0.3) is 0 Å². The van der Waals surface area contributed by atoms with Crippen LogP contribution in [0.15, 0.2) is 72.6 Å². The van der Waals surface area contributed by atoms with E-state index in [-0.39, 0.29) is 23.1 Å². The molecule has 1 aromatic carbocycles. The van der Waals surface area contributed by atoms with Crippen molar-refractivity contribution in [3.05, 3.63) is 59.0 Å². The molecule has 2 aromatic heterocycles. The van der Waals surface area contributed by atoms with Crippen molar-refractivity contribution in [1.29, 1.82) is 0 Å². The number of carbonyl (C=O) groups excluding carboxylic acids is 2. The Hall–Kier alpha value is -3.67. The number of thioether (sulfide) groups is 2. The van der Waals surface area contributed by atoms with E-state index in [0.29, 0.717) is 26.4 Å². The molecule has 0 spiro atoms. The number of anilines is 1. The summed E-state index contributed by atoms with van der Waals surface area (Å²) in [6.07, 6.45) is 0. The second kappa shape index (κ2) is 12.2. The van der Waals surface area contributed by atoms with Crippen molar-refractivity contribution in [2.24, 2.45) is 5.16 Å². The SMILES string of the molecule is CON=C(C(=O)NC1C(=O)N2C(C(=O)O)=C(CSc3nncs3)CS[C@H]12)c1nc(N)cc(Sc2ccccc2)n1. The molecule has 1 saturated heterocycles. The molecule has 0 aliphatic carbocycles. The van der Waals surface area contributed by atoms with E-state index in [1.807, 2.05) is 30.3 Å². The van der Waals surface area contributed by atoms with E-state index in [0.717, 1.165) is 4.90 Å². The van der Waals surface area contributed by atoms with Crippen LogP contribution in [-0.4, -0.2) is 83.7 Å². The van der Waals surface area contributed by atoms with Crippen molar-refractivity contribution in [2.45, 2.75) is 25.7 Å². The minimum absolute atomic E-state index is 0.0798. The first-order valence-electron chi connectivity index (χ1n) is 11.4. The predicted molar refractivity (Wildman–Crippen MR) is 151 cm³/mol. The lowest BCUT2D eigenvalue weighted by Gasteiger charge is -2.49. The number of nitrogens with zero attached hydrogens (tertiary/aromatic N) is 6. The van der Waals surface area contributed by atoms with Gasteiger partial charge in [-0.25, -0.2) is 14.8 Å². The van der Waals surface area contributed by atoms with Gasteiger partial charge in [0.05, 0.1) is 0 Å². The number of rotatable bonds is 10. The van der Waals surface area contributed by atoms with Crippen LogP contribution in [0, 0.1) is 0 Å². The number of nitrogen functional groups attached to an aromatic ring is 1. The maximum atomic E-state index is 13.3. The summed E-state index contributed by atoms with van der Waals surface area (Å²) in [4.78, 5) is 54.0. The van der Waals surface area contributed by atoms with E-state index in [4.69, 9.17) is 10.6 Å². The van der Waals surface area contributed by atoms with Crippen LogP contribution in [0.2, 0.25) is 0 Å². The number of oxime groups is 1. The molecule has 0 radical (unpaired) electrons. The molecular formula is C23H20N8O5S4. The van der Waals surface area contributed by atoms with E-state index in [9.17, 15) is 19.5 Å². The standard InChI is InChI=1S/C23H20N8O5S4/c1-36-30-15(18-26-13(24)7-14(27-18)40-12-5-3-2-4-6-12)19(32)28-16-20(33)31-17(22(34)35)11(8-37-21(16)31)9-38-23-29-25-10-39-23/h2-7,10,16,21H,8-9H2,1H3,(H,28,32)(H,34,35)(H2,24,26,27)/t16?,21-/m1/s1. The second-order valence-corrected chi connectivity index (χ2v) is 12.4. The topological polar surface area (TPSA) is 186 Å². The quantitative estimate of drug-likeness (QED) is 0.0987. The average Bonchev–Trinajstić information content (AvgIpc) is 3.46. The Balaban J connectivity index is 1.32. The third-order valence-corrected chi connectivity index (χ3v) is 9.76. The fourth-order valence-electron chi connectivity index (χ4n) is 3.86. The molecule has 2 amide bonds. The number of amides is 2. The third kappa shape index (κ3) is 5.91. The van der Waals surface area contributed by atoms with Crippen molar-refractivity contribution in [1.82, 2.24) is 30.4 Å². The number of carbonyl (C=O) groups is 3. The van der Waals surface area contributed by atoms with Gasteiger partial charge in [0.25, 0.3) is 11.8 Å². The van der Waals surface area contributed by atoms with E-state index in [1.165, 1.54) is 58.6 Å². The zero-order valence-corrected chi connectivity index (χ0v) is 23.9. The number of nitrogens with two attached hydrogens (primary N) is 1. The summed E-state index contributed by atoms with van der Waals surface area (Å²) in [5, 5.41) is 23.9. The van der Waals surface area contributed by atoms with Crippen molar-refractivity contribution in [2.75, 3.05) is 24.3 Å². The fourth-order valence-corrected chi connectivity index (χ4v) is 7.68. The minimum Gasteiger partial charge on any atom is -0.477 e. The van der Waals surface area contributed by atoms with E-state index >= 15 is 0 Å². The van der Waals surface area contributed by atoms with Gasteiger partial charge < -0.3 is 21.0 Å². The number of hydrogen-bond acceptors (Lipinski definition) is 14. The lowest BCUT2D eigenvalue weighted by molar-refractivity contribution is -0.150. The van der Waals surface area contributed by atoms with Crippen molar-refractivity contribution in [3.8, 4) is 0 Å². The van der Waals surface area contributed by atoms with E-state index < -0.39 is 29.2 Å². The molecule has 17 heteroatoms. The molecule has 0 saturated carbocycles. The molecule has 2 atom stereocenters. The molecule has 4 N–H and O–H groups in total. The number of aromatic nitrogens is 4. The summed E-state index contributed by atoms with van der Waals surface area (Å²) < 4.78 is 0.698. The number of benzene rings is 1. The molecular weight excluding hydrogens is 597 g/mol. The lowest BCUT2D eigenvalue weighted by Crippen LogP contribution is -2.71. The average molecular weight is 617 g/mol. The number of fused-ring (bicyclic) bond motifs is 1. The molecule has 0 bridgehead atoms.